The van der Waals surface area contributed by atoms with Crippen LogP contribution in [0.4, 0.5) is 5.82 Å². The maximum atomic E-state index is 10.7. The third-order valence-corrected chi connectivity index (χ3v) is 3.39. The molecule has 1 saturated heterocycles. The van der Waals surface area contributed by atoms with Gasteiger partial charge in [0.15, 0.2) is 6.29 Å². The number of aromatic nitrogens is 1. The summed E-state index contributed by atoms with van der Waals surface area (Å²) < 4.78 is 5.54. The molecular formula is C14H20N2O3. The Labute approximate surface area is 113 Å². The molecule has 2 heterocycles. The first-order valence-electron chi connectivity index (χ1n) is 6.64. The molecule has 0 saturated carbocycles. The normalized spacial score (nSPS) is 16.6. The quantitative estimate of drug-likeness (QED) is 0.809. The standard InChI is InChI=1S/C14H20N2O3/c1-11-8-12(10-18)9-15-14(11)16-4-2-13(3-5-16)19-7-6-17/h8-10,13,17H,2-7H2,1H3. The number of ether oxygens (including phenoxy) is 1. The molecule has 0 spiro atoms. The highest BCUT2D eigenvalue weighted by atomic mass is 16.5. The van der Waals surface area contributed by atoms with Gasteiger partial charge < -0.3 is 14.7 Å². The lowest BCUT2D eigenvalue weighted by molar-refractivity contribution is 0.0158. The number of hydrogen-bond acceptors (Lipinski definition) is 5. The topological polar surface area (TPSA) is 62.7 Å². The number of aldehydes is 1. The zero-order valence-corrected chi connectivity index (χ0v) is 11.2. The largest absolute Gasteiger partial charge is 0.394 e. The summed E-state index contributed by atoms with van der Waals surface area (Å²) in [4.78, 5) is 17.3. The van der Waals surface area contributed by atoms with Crippen molar-refractivity contribution in [2.75, 3.05) is 31.2 Å². The molecule has 0 unspecified atom stereocenters. The van der Waals surface area contributed by atoms with Crippen molar-refractivity contribution in [3.63, 3.8) is 0 Å². The van der Waals surface area contributed by atoms with Gasteiger partial charge in [0.1, 0.15) is 5.82 Å². The van der Waals surface area contributed by atoms with Crippen molar-refractivity contribution in [2.45, 2.75) is 25.9 Å². The van der Waals surface area contributed by atoms with Gasteiger partial charge in [-0.2, -0.15) is 0 Å². The van der Waals surface area contributed by atoms with E-state index in [0.717, 1.165) is 43.6 Å². The number of anilines is 1. The number of rotatable bonds is 5. The fraction of sp³-hybridized carbons (Fsp3) is 0.571. The van der Waals surface area contributed by atoms with Gasteiger partial charge in [0.2, 0.25) is 0 Å². The first-order chi connectivity index (χ1) is 9.24. The van der Waals surface area contributed by atoms with E-state index >= 15 is 0 Å². The van der Waals surface area contributed by atoms with E-state index in [0.29, 0.717) is 12.2 Å². The molecular weight excluding hydrogens is 244 g/mol. The molecule has 1 aliphatic rings. The van der Waals surface area contributed by atoms with Crippen molar-refractivity contribution in [2.24, 2.45) is 0 Å². The molecule has 0 aromatic carbocycles. The number of carbonyl (C=O) groups excluding carboxylic acids is 1. The van der Waals surface area contributed by atoms with Crippen LogP contribution in [0.3, 0.4) is 0 Å². The minimum Gasteiger partial charge on any atom is -0.394 e. The van der Waals surface area contributed by atoms with E-state index in [-0.39, 0.29) is 12.7 Å². The van der Waals surface area contributed by atoms with Gasteiger partial charge in [-0.05, 0) is 31.4 Å². The molecule has 5 heteroatoms. The molecule has 0 amide bonds. The van der Waals surface area contributed by atoms with Crippen LogP contribution in [0.15, 0.2) is 12.3 Å². The van der Waals surface area contributed by atoms with Crippen molar-refractivity contribution in [3.05, 3.63) is 23.4 Å². The lowest BCUT2D eigenvalue weighted by atomic mass is 10.1. The Hall–Kier alpha value is -1.46. The molecule has 0 bridgehead atoms. The highest BCUT2D eigenvalue weighted by Crippen LogP contribution is 2.22. The maximum absolute atomic E-state index is 10.7. The summed E-state index contributed by atoms with van der Waals surface area (Å²) in [6, 6.07) is 1.86. The zero-order chi connectivity index (χ0) is 13.7. The minimum atomic E-state index is 0.0774. The molecule has 1 aromatic rings. The Balaban J connectivity index is 1.95. The number of carbonyl (C=O) groups is 1. The van der Waals surface area contributed by atoms with Crippen molar-refractivity contribution in [1.82, 2.24) is 4.98 Å². The number of aliphatic hydroxyl groups excluding tert-OH is 1. The molecule has 1 aromatic heterocycles. The SMILES string of the molecule is Cc1cc(C=O)cnc1N1CCC(OCCO)CC1. The average molecular weight is 264 g/mol. The van der Waals surface area contributed by atoms with Crippen molar-refractivity contribution in [1.29, 1.82) is 0 Å². The van der Waals surface area contributed by atoms with Crippen molar-refractivity contribution < 1.29 is 14.6 Å². The van der Waals surface area contributed by atoms with Gasteiger partial charge in [-0.3, -0.25) is 4.79 Å². The predicted molar refractivity (Wildman–Crippen MR) is 72.6 cm³/mol. The van der Waals surface area contributed by atoms with Crippen LogP contribution in [-0.4, -0.2) is 48.8 Å². The van der Waals surface area contributed by atoms with E-state index < -0.39 is 0 Å². The maximum Gasteiger partial charge on any atom is 0.151 e. The molecule has 1 aliphatic heterocycles. The Morgan fingerprint density at radius 1 is 1.53 bits per heavy atom. The van der Waals surface area contributed by atoms with E-state index in [1.165, 1.54) is 0 Å². The van der Waals surface area contributed by atoms with Gasteiger partial charge in [-0.25, -0.2) is 4.98 Å². The van der Waals surface area contributed by atoms with Gasteiger partial charge in [0.05, 0.1) is 19.3 Å². The second-order valence-corrected chi connectivity index (χ2v) is 4.81. The van der Waals surface area contributed by atoms with Crippen LogP contribution in [-0.2, 0) is 4.74 Å². The summed E-state index contributed by atoms with van der Waals surface area (Å²) in [7, 11) is 0. The fourth-order valence-electron chi connectivity index (χ4n) is 2.44. The smallest absolute Gasteiger partial charge is 0.151 e. The summed E-state index contributed by atoms with van der Waals surface area (Å²) in [6.45, 7) is 4.25. The molecule has 0 radical (unpaired) electrons. The van der Waals surface area contributed by atoms with Crippen LogP contribution >= 0.6 is 0 Å². The third-order valence-electron chi connectivity index (χ3n) is 3.39. The van der Waals surface area contributed by atoms with E-state index in [4.69, 9.17) is 9.84 Å². The lowest BCUT2D eigenvalue weighted by Crippen LogP contribution is -2.38. The second kappa shape index (κ2) is 6.63. The van der Waals surface area contributed by atoms with E-state index in [1.807, 2.05) is 13.0 Å². The Kier molecular flexibility index (Phi) is 4.87. The van der Waals surface area contributed by atoms with E-state index in [9.17, 15) is 4.79 Å². The molecule has 5 nitrogen and oxygen atoms in total. The summed E-state index contributed by atoms with van der Waals surface area (Å²) in [5, 5.41) is 8.74. The van der Waals surface area contributed by atoms with Gasteiger partial charge in [-0.1, -0.05) is 0 Å². The molecule has 2 rings (SSSR count). The van der Waals surface area contributed by atoms with Gasteiger partial charge in [0.25, 0.3) is 0 Å². The summed E-state index contributed by atoms with van der Waals surface area (Å²) >= 11 is 0. The first kappa shape index (κ1) is 14.0. The Morgan fingerprint density at radius 3 is 2.84 bits per heavy atom. The number of hydrogen-bond donors (Lipinski definition) is 1. The predicted octanol–water partition coefficient (Wildman–Crippen LogP) is 1.18. The van der Waals surface area contributed by atoms with Crippen LogP contribution < -0.4 is 4.90 Å². The zero-order valence-electron chi connectivity index (χ0n) is 11.2. The van der Waals surface area contributed by atoms with Crippen molar-refractivity contribution in [3.8, 4) is 0 Å². The average Bonchev–Trinajstić information content (AvgIpc) is 2.45. The van der Waals surface area contributed by atoms with Gasteiger partial charge in [0, 0.05) is 24.8 Å². The molecule has 0 atom stereocenters. The summed E-state index contributed by atoms with van der Waals surface area (Å²) in [5.74, 6) is 0.950. The Morgan fingerprint density at radius 2 is 2.26 bits per heavy atom. The highest BCUT2D eigenvalue weighted by Gasteiger charge is 2.21. The number of nitrogens with zero attached hydrogens (tertiary/aromatic N) is 2. The monoisotopic (exact) mass is 264 g/mol. The number of aryl methyl sites for hydroxylation is 1. The fourth-order valence-corrected chi connectivity index (χ4v) is 2.44. The van der Waals surface area contributed by atoms with Crippen LogP contribution in [0, 0.1) is 6.92 Å². The minimum absolute atomic E-state index is 0.0774. The van der Waals surface area contributed by atoms with E-state index in [2.05, 4.69) is 9.88 Å². The first-order valence-corrected chi connectivity index (χ1v) is 6.64. The van der Waals surface area contributed by atoms with Crippen LogP contribution in [0.25, 0.3) is 0 Å². The van der Waals surface area contributed by atoms with Crippen molar-refractivity contribution >= 4 is 12.1 Å². The van der Waals surface area contributed by atoms with Crippen LogP contribution in [0.5, 0.6) is 0 Å². The molecule has 1 fully saturated rings. The molecule has 1 N–H and O–H groups in total. The van der Waals surface area contributed by atoms with Crippen LogP contribution in [0.1, 0.15) is 28.8 Å². The molecule has 0 aliphatic carbocycles. The van der Waals surface area contributed by atoms with Crippen LogP contribution in [0.2, 0.25) is 0 Å². The third kappa shape index (κ3) is 3.52. The Bertz CT molecular complexity index is 429. The molecule has 104 valence electrons. The van der Waals surface area contributed by atoms with E-state index in [1.54, 1.807) is 6.20 Å². The van der Waals surface area contributed by atoms with Gasteiger partial charge >= 0.3 is 0 Å². The highest BCUT2D eigenvalue weighted by molar-refractivity contribution is 5.75. The number of aliphatic hydroxyl groups is 1. The van der Waals surface area contributed by atoms with Gasteiger partial charge in [-0.15, -0.1) is 0 Å². The summed E-state index contributed by atoms with van der Waals surface area (Å²) in [6.07, 6.45) is 4.55. The number of pyridine rings is 1. The second-order valence-electron chi connectivity index (χ2n) is 4.81. The number of piperidine rings is 1. The molecule has 19 heavy (non-hydrogen) atoms. The lowest BCUT2D eigenvalue weighted by Gasteiger charge is -2.33. The summed E-state index contributed by atoms with van der Waals surface area (Å²) in [5.41, 5.74) is 1.64.